The van der Waals surface area contributed by atoms with E-state index in [0.717, 1.165) is 38.5 Å². The molecule has 0 amide bonds. The fraction of sp³-hybridized carbons (Fsp3) is 0.920. The van der Waals surface area contributed by atoms with Gasteiger partial charge in [0.2, 0.25) is 0 Å². The number of allylic oxidation sites excluding steroid dienone is 1. The molecule has 3 N–H and O–H groups in total. The lowest BCUT2D eigenvalue weighted by molar-refractivity contribution is -0.181. The molecule has 170 valence electrons. The summed E-state index contributed by atoms with van der Waals surface area (Å²) >= 11 is 0. The number of hydrogen-bond donors (Lipinski definition) is 3. The molecular weight excluding hydrogens is 380 g/mol. The zero-order valence-corrected chi connectivity index (χ0v) is 19.1. The van der Waals surface area contributed by atoms with Gasteiger partial charge in [0.1, 0.15) is 5.60 Å². The fourth-order valence-electron chi connectivity index (χ4n) is 8.70. The summed E-state index contributed by atoms with van der Waals surface area (Å²) in [4.78, 5) is 0. The molecule has 4 aliphatic carbocycles. The van der Waals surface area contributed by atoms with Crippen molar-refractivity contribution in [2.24, 2.45) is 34.0 Å². The second-order valence-electron chi connectivity index (χ2n) is 12.0. The molecule has 5 nitrogen and oxygen atoms in total. The van der Waals surface area contributed by atoms with Gasteiger partial charge in [-0.05, 0) is 67.1 Å². The zero-order valence-electron chi connectivity index (χ0n) is 19.1. The minimum Gasteiger partial charge on any atom is -0.394 e. The van der Waals surface area contributed by atoms with Crippen LogP contribution in [0.25, 0.3) is 0 Å². The smallest absolute Gasteiger partial charge is 0.106 e. The van der Waals surface area contributed by atoms with Crippen molar-refractivity contribution in [1.29, 1.82) is 0 Å². The lowest BCUT2D eigenvalue weighted by Gasteiger charge is -2.61. The van der Waals surface area contributed by atoms with Crippen LogP contribution in [0.2, 0.25) is 0 Å². The van der Waals surface area contributed by atoms with Crippen molar-refractivity contribution >= 4 is 0 Å². The first-order valence-corrected chi connectivity index (χ1v) is 12.0. The van der Waals surface area contributed by atoms with Gasteiger partial charge in [0.15, 0.2) is 0 Å². The Morgan fingerprint density at radius 1 is 1.20 bits per heavy atom. The van der Waals surface area contributed by atoms with E-state index in [1.165, 1.54) is 5.57 Å². The molecule has 0 aromatic rings. The van der Waals surface area contributed by atoms with Gasteiger partial charge in [0, 0.05) is 5.41 Å². The number of rotatable bonds is 5. The Labute approximate surface area is 180 Å². The zero-order chi connectivity index (χ0) is 21.5. The van der Waals surface area contributed by atoms with Crippen LogP contribution in [0.5, 0.6) is 0 Å². The van der Waals surface area contributed by atoms with E-state index in [1.807, 2.05) is 0 Å². The van der Waals surface area contributed by atoms with Gasteiger partial charge in [0.05, 0.1) is 38.1 Å². The molecule has 5 rings (SSSR count). The summed E-state index contributed by atoms with van der Waals surface area (Å²) in [5, 5.41) is 31.0. The summed E-state index contributed by atoms with van der Waals surface area (Å²) in [6.45, 7) is 10.2. The van der Waals surface area contributed by atoms with Gasteiger partial charge < -0.3 is 24.8 Å². The summed E-state index contributed by atoms with van der Waals surface area (Å²) in [6.07, 6.45) is 7.53. The molecule has 0 bridgehead atoms. The highest BCUT2D eigenvalue weighted by molar-refractivity contribution is 5.35. The van der Waals surface area contributed by atoms with Gasteiger partial charge >= 0.3 is 0 Å². The number of ether oxygens (including phenoxy) is 2. The Kier molecular flexibility index (Phi) is 4.83. The third-order valence-electron chi connectivity index (χ3n) is 10.3. The molecule has 1 spiro atoms. The quantitative estimate of drug-likeness (QED) is 0.362. The van der Waals surface area contributed by atoms with Gasteiger partial charge in [-0.3, -0.25) is 0 Å². The van der Waals surface area contributed by atoms with Crippen molar-refractivity contribution < 1.29 is 24.8 Å². The maximum atomic E-state index is 11.7. The van der Waals surface area contributed by atoms with Crippen LogP contribution >= 0.6 is 0 Å². The maximum absolute atomic E-state index is 11.7. The van der Waals surface area contributed by atoms with Crippen molar-refractivity contribution in [3.05, 3.63) is 11.6 Å². The highest BCUT2D eigenvalue weighted by atomic mass is 16.6. The summed E-state index contributed by atoms with van der Waals surface area (Å²) < 4.78 is 12.3. The summed E-state index contributed by atoms with van der Waals surface area (Å²) in [5.74, 6) is 1.19. The number of aliphatic hydroxyl groups is 3. The molecule has 4 fully saturated rings. The van der Waals surface area contributed by atoms with Crippen LogP contribution in [-0.4, -0.2) is 59.1 Å². The number of hydrogen-bond acceptors (Lipinski definition) is 5. The Hall–Kier alpha value is -0.460. The number of fused-ring (bicyclic) bond motifs is 3. The molecule has 3 saturated carbocycles. The fourth-order valence-corrected chi connectivity index (χ4v) is 8.70. The Morgan fingerprint density at radius 2 is 1.97 bits per heavy atom. The first-order chi connectivity index (χ1) is 14.1. The lowest BCUT2D eigenvalue weighted by atomic mass is 9.44. The lowest BCUT2D eigenvalue weighted by Crippen LogP contribution is -2.63. The minimum absolute atomic E-state index is 0.0437. The van der Waals surface area contributed by atoms with E-state index in [-0.39, 0.29) is 40.7 Å². The molecule has 1 saturated heterocycles. The van der Waals surface area contributed by atoms with Crippen molar-refractivity contribution in [3.8, 4) is 0 Å². The maximum Gasteiger partial charge on any atom is 0.106 e. The number of epoxide rings is 1. The Balaban J connectivity index is 1.48. The first-order valence-electron chi connectivity index (χ1n) is 12.0. The second-order valence-corrected chi connectivity index (χ2v) is 12.0. The third kappa shape index (κ3) is 2.59. The van der Waals surface area contributed by atoms with Crippen LogP contribution in [-0.2, 0) is 9.47 Å². The molecule has 1 aliphatic heterocycles. The summed E-state index contributed by atoms with van der Waals surface area (Å²) in [7, 11) is 0. The molecule has 9 atom stereocenters. The topological polar surface area (TPSA) is 82.5 Å². The molecule has 0 aromatic carbocycles. The molecule has 0 aromatic heterocycles. The van der Waals surface area contributed by atoms with Gasteiger partial charge in [-0.2, -0.15) is 0 Å². The summed E-state index contributed by atoms with van der Waals surface area (Å²) in [5.41, 5.74) is 0.902. The highest BCUT2D eigenvalue weighted by Crippen LogP contribution is 2.77. The molecule has 5 aliphatic rings. The Morgan fingerprint density at radius 3 is 2.70 bits per heavy atom. The predicted molar refractivity (Wildman–Crippen MR) is 114 cm³/mol. The van der Waals surface area contributed by atoms with Crippen molar-refractivity contribution in [3.63, 3.8) is 0 Å². The minimum atomic E-state index is -0.392. The highest BCUT2D eigenvalue weighted by Gasteiger charge is 2.83. The van der Waals surface area contributed by atoms with Crippen LogP contribution < -0.4 is 0 Å². The molecule has 30 heavy (non-hydrogen) atoms. The number of aliphatic hydroxyl groups excluding tert-OH is 3. The van der Waals surface area contributed by atoms with Gasteiger partial charge in [0.25, 0.3) is 0 Å². The van der Waals surface area contributed by atoms with Crippen molar-refractivity contribution in [2.45, 2.75) is 90.1 Å². The normalized spacial score (nSPS) is 52.0. The molecular formula is C25H40O5. The van der Waals surface area contributed by atoms with E-state index in [4.69, 9.17) is 14.6 Å². The largest absolute Gasteiger partial charge is 0.394 e. The molecule has 4 unspecified atom stereocenters. The monoisotopic (exact) mass is 420 g/mol. The first kappa shape index (κ1) is 21.4. The van der Waals surface area contributed by atoms with E-state index >= 15 is 0 Å². The van der Waals surface area contributed by atoms with Crippen molar-refractivity contribution in [1.82, 2.24) is 0 Å². The molecule has 1 heterocycles. The van der Waals surface area contributed by atoms with Crippen LogP contribution in [0.1, 0.15) is 66.2 Å². The van der Waals surface area contributed by atoms with E-state index in [9.17, 15) is 10.2 Å². The Bertz CT molecular complexity index is 733. The van der Waals surface area contributed by atoms with E-state index in [2.05, 4.69) is 33.8 Å². The molecule has 5 heteroatoms. The average molecular weight is 421 g/mol. The van der Waals surface area contributed by atoms with Crippen molar-refractivity contribution in [2.75, 3.05) is 19.8 Å². The second kappa shape index (κ2) is 6.77. The van der Waals surface area contributed by atoms with Gasteiger partial charge in [-0.15, -0.1) is 0 Å². The molecule has 0 radical (unpaired) electrons. The van der Waals surface area contributed by atoms with Gasteiger partial charge in [-0.1, -0.05) is 39.3 Å². The summed E-state index contributed by atoms with van der Waals surface area (Å²) in [6, 6.07) is 0. The van der Waals surface area contributed by atoms with Crippen LogP contribution in [0.4, 0.5) is 0 Å². The standard InChI is InChI=1S/C25H40O5/c1-22(2,14-29-10-9-26)19-13-21-25(30-21)17-6-5-15-11-16(27)7-8-23(15,3)18(17)12-20(28)24(19,25)4/h5,16-21,26-28H,6-14H2,1-4H3/t16-,17?,18?,19?,20+,21+,23?,24-,25+/m0/s1. The van der Waals surface area contributed by atoms with Crippen LogP contribution in [0, 0.1) is 34.0 Å². The third-order valence-corrected chi connectivity index (χ3v) is 10.3. The van der Waals surface area contributed by atoms with E-state index in [1.54, 1.807) is 0 Å². The van der Waals surface area contributed by atoms with Gasteiger partial charge in [-0.25, -0.2) is 0 Å². The van der Waals surface area contributed by atoms with Crippen LogP contribution in [0.15, 0.2) is 11.6 Å². The SMILES string of the molecule is CC(C)(COCCO)C1C[C@H]2O[C@]23C2CC=C4C[C@@H](O)CCC4(C)C2C[C@@H](O)[C@]13C. The van der Waals surface area contributed by atoms with Crippen LogP contribution in [0.3, 0.4) is 0 Å². The average Bonchev–Trinajstić information content (AvgIpc) is 3.34. The van der Waals surface area contributed by atoms with E-state index < -0.39 is 6.10 Å². The van der Waals surface area contributed by atoms with E-state index in [0.29, 0.717) is 31.0 Å². The predicted octanol–water partition coefficient (Wildman–Crippen LogP) is 3.06.